The van der Waals surface area contributed by atoms with Crippen LogP contribution in [0, 0.1) is 6.92 Å². The summed E-state index contributed by atoms with van der Waals surface area (Å²) in [5.74, 6) is 1.19. The Morgan fingerprint density at radius 3 is 2.81 bits per heavy atom. The fourth-order valence-corrected chi connectivity index (χ4v) is 3.27. The van der Waals surface area contributed by atoms with E-state index >= 15 is 0 Å². The minimum Gasteiger partial charge on any atom is -0.496 e. The molecule has 0 unspecified atom stereocenters. The molecule has 0 radical (unpaired) electrons. The third-order valence-electron chi connectivity index (χ3n) is 3.68. The lowest BCUT2D eigenvalue weighted by molar-refractivity contribution is -0.186. The van der Waals surface area contributed by atoms with Gasteiger partial charge in [-0.1, -0.05) is 11.8 Å². The highest BCUT2D eigenvalue weighted by Gasteiger charge is 2.31. The van der Waals surface area contributed by atoms with Gasteiger partial charge in [0, 0.05) is 23.6 Å². The molecular formula is C17H16F3N3O2S. The van der Waals surface area contributed by atoms with E-state index in [1.807, 2.05) is 6.92 Å². The number of pyridine rings is 1. The molecule has 0 spiro atoms. The number of nitrogens with one attached hydrogen (secondary N) is 1. The number of thioether (sulfide) groups is 1. The zero-order chi connectivity index (χ0) is 18.7. The van der Waals surface area contributed by atoms with Crippen LogP contribution in [0.5, 0.6) is 11.5 Å². The third-order valence-corrected chi connectivity index (χ3v) is 4.56. The number of H-pyrrole nitrogens is 1. The van der Waals surface area contributed by atoms with Gasteiger partial charge in [0.15, 0.2) is 11.8 Å². The molecule has 0 amide bonds. The Hall–Kier alpha value is -2.42. The lowest BCUT2D eigenvalue weighted by atomic mass is 10.2. The van der Waals surface area contributed by atoms with Gasteiger partial charge in [0.2, 0.25) is 0 Å². The molecule has 0 saturated carbocycles. The highest BCUT2D eigenvalue weighted by atomic mass is 32.2. The first-order valence-electron chi connectivity index (χ1n) is 7.65. The number of halogens is 3. The summed E-state index contributed by atoms with van der Waals surface area (Å²) >= 11 is 1.42. The molecule has 0 saturated heterocycles. The lowest BCUT2D eigenvalue weighted by Gasteiger charge is -2.13. The summed E-state index contributed by atoms with van der Waals surface area (Å²) in [6.45, 7) is 0.0387. The van der Waals surface area contributed by atoms with E-state index in [0.717, 1.165) is 17.0 Å². The number of nitrogens with zero attached hydrogens (tertiary/aromatic N) is 2. The maximum absolute atomic E-state index is 13.0. The van der Waals surface area contributed by atoms with Crippen LogP contribution in [0.1, 0.15) is 11.3 Å². The normalized spacial score (nSPS) is 11.7. The zero-order valence-electron chi connectivity index (χ0n) is 14.1. The van der Waals surface area contributed by atoms with Gasteiger partial charge < -0.3 is 14.5 Å². The highest BCUT2D eigenvalue weighted by molar-refractivity contribution is 7.98. The highest BCUT2D eigenvalue weighted by Crippen LogP contribution is 2.29. The van der Waals surface area contributed by atoms with Crippen molar-refractivity contribution < 1.29 is 22.6 Å². The fourth-order valence-electron chi connectivity index (χ4n) is 2.36. The van der Waals surface area contributed by atoms with E-state index in [1.54, 1.807) is 19.4 Å². The Morgan fingerprint density at radius 2 is 2.08 bits per heavy atom. The fraction of sp³-hybridized carbons (Fsp3) is 0.294. The van der Waals surface area contributed by atoms with Crippen LogP contribution in [-0.4, -0.2) is 34.8 Å². The van der Waals surface area contributed by atoms with Crippen molar-refractivity contribution in [3.05, 3.63) is 41.7 Å². The summed E-state index contributed by atoms with van der Waals surface area (Å²) < 4.78 is 47.9. The number of methoxy groups -OCH3 is 1. The van der Waals surface area contributed by atoms with Gasteiger partial charge in [-0.25, -0.2) is 9.37 Å². The van der Waals surface area contributed by atoms with Crippen molar-refractivity contribution in [2.75, 3.05) is 13.8 Å². The molecule has 3 rings (SSSR count). The molecule has 0 aliphatic heterocycles. The van der Waals surface area contributed by atoms with Gasteiger partial charge in [-0.2, -0.15) is 8.78 Å². The van der Waals surface area contributed by atoms with Gasteiger partial charge in [0.1, 0.15) is 11.5 Å². The van der Waals surface area contributed by atoms with Gasteiger partial charge in [-0.3, -0.25) is 4.98 Å². The topological polar surface area (TPSA) is 60.0 Å². The molecule has 2 heterocycles. The Morgan fingerprint density at radius 1 is 1.27 bits per heavy atom. The number of imidazole rings is 1. The predicted molar refractivity (Wildman–Crippen MR) is 92.7 cm³/mol. The number of hydrogen-bond acceptors (Lipinski definition) is 5. The van der Waals surface area contributed by atoms with Crippen molar-refractivity contribution in [2.45, 2.75) is 23.9 Å². The van der Waals surface area contributed by atoms with E-state index in [9.17, 15) is 13.2 Å². The van der Waals surface area contributed by atoms with Crippen molar-refractivity contribution in [1.29, 1.82) is 0 Å². The number of aromatic amines is 1. The molecule has 0 aliphatic rings. The molecule has 3 aromatic rings. The van der Waals surface area contributed by atoms with Crippen molar-refractivity contribution in [1.82, 2.24) is 15.0 Å². The first-order valence-corrected chi connectivity index (χ1v) is 8.64. The Kier molecular flexibility index (Phi) is 5.26. The molecule has 0 fully saturated rings. The minimum absolute atomic E-state index is 0.134. The number of aromatic nitrogens is 3. The van der Waals surface area contributed by atoms with Crippen LogP contribution in [0.2, 0.25) is 0 Å². The smallest absolute Gasteiger partial charge is 0.427 e. The minimum atomic E-state index is -3.85. The summed E-state index contributed by atoms with van der Waals surface area (Å²) in [4.78, 5) is 11.8. The first kappa shape index (κ1) is 18.4. The van der Waals surface area contributed by atoms with Crippen LogP contribution in [0.4, 0.5) is 13.2 Å². The molecule has 26 heavy (non-hydrogen) atoms. The number of benzene rings is 1. The standard InChI is InChI=1S/C17H16F3N3O2S/c1-10-14(21-6-5-15(10)24-2)8-26-16-22-12-4-3-11(7-13(12)23-16)25-17(19,20)9-18/h3-7H,8-9H2,1-2H3,(H,22,23). The summed E-state index contributed by atoms with van der Waals surface area (Å²) in [6.07, 6.45) is -2.17. The molecule has 5 nitrogen and oxygen atoms in total. The molecule has 2 aromatic heterocycles. The van der Waals surface area contributed by atoms with Crippen LogP contribution < -0.4 is 9.47 Å². The Bertz CT molecular complexity index is 917. The van der Waals surface area contributed by atoms with E-state index in [4.69, 9.17) is 4.74 Å². The second kappa shape index (κ2) is 7.45. The van der Waals surface area contributed by atoms with Gasteiger partial charge in [0.05, 0.1) is 23.8 Å². The average molecular weight is 383 g/mol. The maximum atomic E-state index is 13.0. The van der Waals surface area contributed by atoms with Crippen molar-refractivity contribution in [3.63, 3.8) is 0 Å². The largest absolute Gasteiger partial charge is 0.496 e. The molecule has 0 aliphatic carbocycles. The lowest BCUT2D eigenvalue weighted by Crippen LogP contribution is -2.26. The van der Waals surface area contributed by atoms with Gasteiger partial charge >= 0.3 is 6.11 Å². The van der Waals surface area contributed by atoms with Crippen LogP contribution in [0.15, 0.2) is 35.6 Å². The summed E-state index contributed by atoms with van der Waals surface area (Å²) in [5.41, 5.74) is 2.93. The quantitative estimate of drug-likeness (QED) is 0.609. The third kappa shape index (κ3) is 4.04. The predicted octanol–water partition coefficient (Wildman–Crippen LogP) is 4.51. The van der Waals surface area contributed by atoms with E-state index in [0.29, 0.717) is 21.9 Å². The molecule has 1 N–H and O–H groups in total. The summed E-state index contributed by atoms with van der Waals surface area (Å²) in [6, 6.07) is 6.02. The summed E-state index contributed by atoms with van der Waals surface area (Å²) in [7, 11) is 1.60. The number of rotatable bonds is 7. The van der Waals surface area contributed by atoms with Crippen LogP contribution in [-0.2, 0) is 5.75 Å². The van der Waals surface area contributed by atoms with Crippen molar-refractivity contribution in [3.8, 4) is 11.5 Å². The Labute approximate surface area is 151 Å². The molecule has 138 valence electrons. The monoisotopic (exact) mass is 383 g/mol. The van der Waals surface area contributed by atoms with Crippen molar-refractivity contribution >= 4 is 22.8 Å². The van der Waals surface area contributed by atoms with E-state index in [1.165, 1.54) is 30.0 Å². The molecule has 9 heteroatoms. The second-order valence-corrected chi connectivity index (χ2v) is 6.43. The van der Waals surface area contributed by atoms with E-state index in [-0.39, 0.29) is 5.75 Å². The van der Waals surface area contributed by atoms with Crippen LogP contribution in [0.25, 0.3) is 11.0 Å². The molecule has 1 aromatic carbocycles. The van der Waals surface area contributed by atoms with Gasteiger partial charge in [0.25, 0.3) is 0 Å². The Balaban J connectivity index is 1.75. The van der Waals surface area contributed by atoms with Crippen LogP contribution >= 0.6 is 11.8 Å². The molecular weight excluding hydrogens is 367 g/mol. The van der Waals surface area contributed by atoms with Crippen LogP contribution in [0.3, 0.4) is 0 Å². The van der Waals surface area contributed by atoms with Gasteiger partial charge in [-0.15, -0.1) is 0 Å². The molecule has 0 bridgehead atoms. The number of ether oxygens (including phenoxy) is 2. The zero-order valence-corrected chi connectivity index (χ0v) is 14.9. The summed E-state index contributed by atoms with van der Waals surface area (Å²) in [5, 5.41) is 0.610. The number of fused-ring (bicyclic) bond motifs is 1. The van der Waals surface area contributed by atoms with E-state index < -0.39 is 12.8 Å². The maximum Gasteiger partial charge on any atom is 0.427 e. The van der Waals surface area contributed by atoms with E-state index in [2.05, 4.69) is 19.7 Å². The van der Waals surface area contributed by atoms with Gasteiger partial charge in [-0.05, 0) is 25.1 Å². The molecule has 0 atom stereocenters. The number of hydrogen-bond donors (Lipinski definition) is 1. The average Bonchev–Trinajstić information content (AvgIpc) is 3.02. The van der Waals surface area contributed by atoms with Crippen molar-refractivity contribution in [2.24, 2.45) is 0 Å². The first-order chi connectivity index (χ1) is 12.4. The second-order valence-electron chi connectivity index (χ2n) is 5.47. The number of alkyl halides is 3. The SMILES string of the molecule is COc1ccnc(CSc2nc3ccc(OC(F)(F)CF)cc3[nH]2)c1C.